The molecule has 3 heterocycles. The minimum absolute atomic E-state index is 0.0465. The van der Waals surface area contributed by atoms with Crippen molar-refractivity contribution in [2.75, 3.05) is 24.9 Å². The minimum Gasteiger partial charge on any atom is -0.497 e. The largest absolute Gasteiger partial charge is 0.497 e. The topological polar surface area (TPSA) is 139 Å². The molecule has 0 spiro atoms. The van der Waals surface area contributed by atoms with Gasteiger partial charge in [-0.1, -0.05) is 0 Å². The SMILES string of the molecule is COc1ccc(F)c(S(=O)(=O)Nc2ccc(-c3nc(OC4CCN(C(C)=O)CC4)c4c(C)n[nH]c4n3)cc2)c1. The number of piperidine rings is 1. The van der Waals surface area contributed by atoms with Gasteiger partial charge in [0.25, 0.3) is 10.0 Å². The Kier molecular flexibility index (Phi) is 7.08. The maximum Gasteiger partial charge on any atom is 0.264 e. The van der Waals surface area contributed by atoms with Crippen molar-refractivity contribution in [1.29, 1.82) is 0 Å². The molecule has 0 atom stereocenters. The lowest BCUT2D eigenvalue weighted by molar-refractivity contribution is -0.130. The molecule has 0 saturated carbocycles. The number of benzene rings is 2. The first-order valence-corrected chi connectivity index (χ1v) is 13.7. The van der Waals surface area contributed by atoms with Crippen LogP contribution in [0.3, 0.4) is 0 Å². The van der Waals surface area contributed by atoms with E-state index in [-0.39, 0.29) is 23.4 Å². The number of aromatic amines is 1. The van der Waals surface area contributed by atoms with E-state index in [0.29, 0.717) is 59.9 Å². The highest BCUT2D eigenvalue weighted by molar-refractivity contribution is 7.92. The molecule has 5 rings (SSSR count). The zero-order valence-electron chi connectivity index (χ0n) is 21.6. The molecule has 13 heteroatoms. The molecule has 1 amide bonds. The van der Waals surface area contributed by atoms with Crippen molar-refractivity contribution in [2.45, 2.75) is 37.7 Å². The summed E-state index contributed by atoms with van der Waals surface area (Å²) in [6, 6.07) is 9.87. The second-order valence-corrected chi connectivity index (χ2v) is 10.8. The van der Waals surface area contributed by atoms with Crippen LogP contribution in [-0.4, -0.2) is 65.7 Å². The Morgan fingerprint density at radius 2 is 1.85 bits per heavy atom. The van der Waals surface area contributed by atoms with Crippen molar-refractivity contribution in [1.82, 2.24) is 25.1 Å². The Balaban J connectivity index is 1.39. The monoisotopic (exact) mass is 554 g/mol. The molecule has 11 nitrogen and oxygen atoms in total. The zero-order chi connectivity index (χ0) is 27.7. The van der Waals surface area contributed by atoms with Gasteiger partial charge in [0.1, 0.15) is 28.0 Å². The second kappa shape index (κ2) is 10.5. The number of anilines is 1. The normalized spacial score (nSPS) is 14.4. The number of methoxy groups -OCH3 is 1. The summed E-state index contributed by atoms with van der Waals surface area (Å²) in [5.74, 6) is 0.119. The van der Waals surface area contributed by atoms with Gasteiger partial charge in [0.05, 0.1) is 12.8 Å². The zero-order valence-corrected chi connectivity index (χ0v) is 22.4. The van der Waals surface area contributed by atoms with E-state index in [0.717, 1.165) is 12.1 Å². The third kappa shape index (κ3) is 5.48. The fourth-order valence-electron chi connectivity index (χ4n) is 4.41. The Morgan fingerprint density at radius 1 is 1.13 bits per heavy atom. The number of hydrogen-bond acceptors (Lipinski definition) is 8. The van der Waals surface area contributed by atoms with Gasteiger partial charge in [0.2, 0.25) is 11.8 Å². The molecule has 4 aromatic rings. The Morgan fingerprint density at radius 3 is 2.51 bits per heavy atom. The van der Waals surface area contributed by atoms with Crippen LogP contribution in [0.25, 0.3) is 22.4 Å². The van der Waals surface area contributed by atoms with E-state index in [4.69, 9.17) is 9.47 Å². The molecule has 1 saturated heterocycles. The van der Waals surface area contributed by atoms with Crippen LogP contribution < -0.4 is 14.2 Å². The predicted molar refractivity (Wildman–Crippen MR) is 142 cm³/mol. The number of carbonyl (C=O) groups excluding carboxylic acids is 1. The molecule has 0 bridgehead atoms. The number of nitrogens with zero attached hydrogens (tertiary/aromatic N) is 4. The van der Waals surface area contributed by atoms with Crippen molar-refractivity contribution >= 4 is 32.7 Å². The number of H-pyrrole nitrogens is 1. The lowest BCUT2D eigenvalue weighted by Gasteiger charge is -2.31. The smallest absolute Gasteiger partial charge is 0.264 e. The van der Waals surface area contributed by atoms with Gasteiger partial charge in [0.15, 0.2) is 11.5 Å². The van der Waals surface area contributed by atoms with Crippen LogP contribution in [0.2, 0.25) is 0 Å². The van der Waals surface area contributed by atoms with Gasteiger partial charge in [-0.25, -0.2) is 17.8 Å². The highest BCUT2D eigenvalue weighted by Crippen LogP contribution is 2.31. The summed E-state index contributed by atoms with van der Waals surface area (Å²) in [6.45, 7) is 4.62. The predicted octanol–water partition coefficient (Wildman–Crippen LogP) is 3.67. The quantitative estimate of drug-likeness (QED) is 0.353. The van der Waals surface area contributed by atoms with Crippen LogP contribution in [0.15, 0.2) is 47.4 Å². The molecule has 1 fully saturated rings. The Hall–Kier alpha value is -4.26. The molecule has 0 aliphatic carbocycles. The first-order valence-electron chi connectivity index (χ1n) is 12.3. The molecule has 204 valence electrons. The molecule has 0 unspecified atom stereocenters. The Labute approximate surface area is 224 Å². The van der Waals surface area contributed by atoms with Crippen molar-refractivity contribution in [3.8, 4) is 23.0 Å². The van der Waals surface area contributed by atoms with Crippen molar-refractivity contribution in [3.05, 3.63) is 54.0 Å². The number of aromatic nitrogens is 4. The summed E-state index contributed by atoms with van der Waals surface area (Å²) < 4.78 is 53.5. The van der Waals surface area contributed by atoms with Crippen LogP contribution >= 0.6 is 0 Å². The van der Waals surface area contributed by atoms with Crippen LogP contribution in [0.1, 0.15) is 25.5 Å². The number of aryl methyl sites for hydroxylation is 1. The average molecular weight is 555 g/mol. The van der Waals surface area contributed by atoms with Gasteiger partial charge in [-0.3, -0.25) is 14.6 Å². The number of amides is 1. The first kappa shape index (κ1) is 26.4. The molecule has 2 aromatic carbocycles. The highest BCUT2D eigenvalue weighted by Gasteiger charge is 2.25. The number of halogens is 1. The van der Waals surface area contributed by atoms with Crippen molar-refractivity contribution in [3.63, 3.8) is 0 Å². The van der Waals surface area contributed by atoms with Gasteiger partial charge in [-0.2, -0.15) is 10.1 Å². The van der Waals surface area contributed by atoms with Crippen LogP contribution in [0.4, 0.5) is 10.1 Å². The summed E-state index contributed by atoms with van der Waals surface area (Å²) in [6.07, 6.45) is 1.25. The molecule has 39 heavy (non-hydrogen) atoms. The molecule has 2 aromatic heterocycles. The summed E-state index contributed by atoms with van der Waals surface area (Å²) in [5, 5.41) is 7.83. The van der Waals surface area contributed by atoms with Crippen LogP contribution in [0, 0.1) is 12.7 Å². The molecule has 1 aliphatic heterocycles. The standard InChI is InChI=1S/C26H27FN6O5S/c1-15-23-25(31-30-15)28-24(29-26(23)38-19-10-12-33(13-11-19)16(2)34)17-4-6-18(7-5-17)32-39(35,36)22-14-20(37-3)8-9-21(22)27/h4-9,14,19,32H,10-13H2,1-3H3,(H,28,29,30,31). The first-order chi connectivity index (χ1) is 18.6. The van der Waals surface area contributed by atoms with Crippen molar-refractivity contribution in [2.24, 2.45) is 0 Å². The van der Waals surface area contributed by atoms with Gasteiger partial charge in [-0.05, 0) is 43.3 Å². The fraction of sp³-hybridized carbons (Fsp3) is 0.308. The van der Waals surface area contributed by atoms with Gasteiger partial charge >= 0.3 is 0 Å². The third-order valence-electron chi connectivity index (χ3n) is 6.56. The van der Waals surface area contributed by atoms with Crippen LogP contribution in [-0.2, 0) is 14.8 Å². The van der Waals surface area contributed by atoms with E-state index in [1.807, 2.05) is 6.92 Å². The second-order valence-electron chi connectivity index (χ2n) is 9.19. The van der Waals surface area contributed by atoms with Crippen molar-refractivity contribution < 1.29 is 27.1 Å². The van der Waals surface area contributed by atoms with E-state index < -0.39 is 20.7 Å². The summed E-state index contributed by atoms with van der Waals surface area (Å²) in [4.78, 5) is 22.2. The number of nitrogens with one attached hydrogen (secondary N) is 2. The maximum atomic E-state index is 14.3. The fourth-order valence-corrected chi connectivity index (χ4v) is 5.57. The van der Waals surface area contributed by atoms with E-state index >= 15 is 0 Å². The van der Waals surface area contributed by atoms with E-state index in [1.165, 1.54) is 25.3 Å². The van der Waals surface area contributed by atoms with E-state index in [9.17, 15) is 17.6 Å². The molecular formula is C26H27FN6O5S. The third-order valence-corrected chi connectivity index (χ3v) is 7.95. The van der Waals surface area contributed by atoms with E-state index in [2.05, 4.69) is 24.9 Å². The molecular weight excluding hydrogens is 527 g/mol. The molecule has 1 aliphatic rings. The van der Waals surface area contributed by atoms with Crippen LogP contribution in [0.5, 0.6) is 11.6 Å². The van der Waals surface area contributed by atoms with E-state index in [1.54, 1.807) is 24.0 Å². The summed E-state index contributed by atoms with van der Waals surface area (Å²) in [5.41, 5.74) is 2.04. The molecule has 2 N–H and O–H groups in total. The number of fused-ring (bicyclic) bond motifs is 1. The lowest BCUT2D eigenvalue weighted by Crippen LogP contribution is -2.40. The number of likely N-dealkylation sites (tertiary alicyclic amines) is 1. The average Bonchev–Trinajstić information content (AvgIpc) is 3.30. The van der Waals surface area contributed by atoms with Gasteiger partial charge < -0.3 is 14.4 Å². The number of ether oxygens (including phenoxy) is 2. The number of sulfonamides is 1. The lowest BCUT2D eigenvalue weighted by atomic mass is 10.1. The number of rotatable bonds is 7. The maximum absolute atomic E-state index is 14.3. The minimum atomic E-state index is -4.21. The van der Waals surface area contributed by atoms with Gasteiger partial charge in [-0.15, -0.1) is 0 Å². The number of carbonyl (C=O) groups is 1. The summed E-state index contributed by atoms with van der Waals surface area (Å²) >= 11 is 0. The van der Waals surface area contributed by atoms with Gasteiger partial charge in [0, 0.05) is 50.2 Å². The highest BCUT2D eigenvalue weighted by atomic mass is 32.2. The molecule has 0 radical (unpaired) electrons. The number of hydrogen-bond donors (Lipinski definition) is 2. The Bertz CT molecular complexity index is 1630. The summed E-state index contributed by atoms with van der Waals surface area (Å²) in [7, 11) is -2.84.